The van der Waals surface area contributed by atoms with Gasteiger partial charge in [-0.25, -0.2) is 0 Å². The van der Waals surface area contributed by atoms with Gasteiger partial charge in [-0.15, -0.1) is 0 Å². The van der Waals surface area contributed by atoms with Gasteiger partial charge in [-0.1, -0.05) is 13.8 Å². The molecule has 0 atom stereocenters. The third-order valence-corrected chi connectivity index (χ3v) is 3.06. The molecule has 0 amide bonds. The van der Waals surface area contributed by atoms with E-state index in [1.807, 2.05) is 26.0 Å². The van der Waals surface area contributed by atoms with Gasteiger partial charge < -0.3 is 15.0 Å². The summed E-state index contributed by atoms with van der Waals surface area (Å²) in [6.45, 7) is 13.0. The Bertz CT molecular complexity index is 343. The Hall–Kier alpha value is -1.22. The fraction of sp³-hybridized carbons (Fsp3) is 0.647. The van der Waals surface area contributed by atoms with Crippen molar-refractivity contribution in [1.29, 1.82) is 0 Å². The van der Waals surface area contributed by atoms with Crippen molar-refractivity contribution >= 4 is 5.69 Å². The third-order valence-electron chi connectivity index (χ3n) is 3.06. The van der Waals surface area contributed by atoms with Crippen molar-refractivity contribution in [2.45, 2.75) is 46.6 Å². The first kappa shape index (κ1) is 16.8. The molecule has 0 saturated heterocycles. The lowest BCUT2D eigenvalue weighted by molar-refractivity contribution is 0.242. The van der Waals surface area contributed by atoms with Crippen LogP contribution in [0.3, 0.4) is 0 Å². The number of anilines is 1. The summed E-state index contributed by atoms with van der Waals surface area (Å²) in [7, 11) is 0. The highest BCUT2D eigenvalue weighted by Crippen LogP contribution is 2.16. The topological polar surface area (TPSA) is 24.5 Å². The van der Waals surface area contributed by atoms with E-state index in [0.717, 1.165) is 24.5 Å². The van der Waals surface area contributed by atoms with E-state index in [2.05, 4.69) is 36.2 Å². The maximum absolute atomic E-state index is 5.64. The Morgan fingerprint density at radius 3 is 2.10 bits per heavy atom. The van der Waals surface area contributed by atoms with E-state index in [9.17, 15) is 0 Å². The van der Waals surface area contributed by atoms with Crippen LogP contribution in [0.5, 0.6) is 5.75 Å². The van der Waals surface area contributed by atoms with E-state index in [4.69, 9.17) is 4.74 Å². The van der Waals surface area contributed by atoms with Gasteiger partial charge in [0.05, 0.1) is 6.10 Å². The molecular formula is C17H30N2O. The zero-order chi connectivity index (χ0) is 14.8. The molecule has 1 aromatic rings. The summed E-state index contributed by atoms with van der Waals surface area (Å²) >= 11 is 0. The molecule has 3 nitrogen and oxygen atoms in total. The van der Waals surface area contributed by atoms with Gasteiger partial charge in [0.25, 0.3) is 0 Å². The Balaban J connectivity index is 2.33. The largest absolute Gasteiger partial charge is 0.491 e. The SMILES string of the molecule is CCCN(CCC)CCNc1ccc(OC(C)C)cc1. The van der Waals surface area contributed by atoms with Crippen LogP contribution in [-0.4, -0.2) is 37.2 Å². The molecule has 0 aromatic heterocycles. The van der Waals surface area contributed by atoms with Crippen LogP contribution in [0.2, 0.25) is 0 Å². The van der Waals surface area contributed by atoms with Crippen molar-refractivity contribution in [3.05, 3.63) is 24.3 Å². The predicted octanol–water partition coefficient (Wildman–Crippen LogP) is 4.01. The zero-order valence-corrected chi connectivity index (χ0v) is 13.5. The molecule has 0 heterocycles. The number of ether oxygens (including phenoxy) is 1. The summed E-state index contributed by atoms with van der Waals surface area (Å²) < 4.78 is 5.64. The van der Waals surface area contributed by atoms with E-state index < -0.39 is 0 Å². The molecule has 0 aliphatic heterocycles. The molecule has 1 rings (SSSR count). The second kappa shape index (κ2) is 9.65. The minimum absolute atomic E-state index is 0.227. The summed E-state index contributed by atoms with van der Waals surface area (Å²) in [4.78, 5) is 2.52. The smallest absolute Gasteiger partial charge is 0.119 e. The molecule has 0 saturated carbocycles. The van der Waals surface area contributed by atoms with Gasteiger partial charge in [-0.05, 0) is 64.0 Å². The van der Waals surface area contributed by atoms with E-state index in [-0.39, 0.29) is 6.10 Å². The summed E-state index contributed by atoms with van der Waals surface area (Å²) in [6, 6.07) is 8.22. The number of hydrogen-bond donors (Lipinski definition) is 1. The maximum atomic E-state index is 5.64. The van der Waals surface area contributed by atoms with Crippen molar-refractivity contribution < 1.29 is 4.74 Å². The van der Waals surface area contributed by atoms with Crippen LogP contribution < -0.4 is 10.1 Å². The van der Waals surface area contributed by atoms with E-state index >= 15 is 0 Å². The van der Waals surface area contributed by atoms with E-state index in [1.54, 1.807) is 0 Å². The first-order valence-electron chi connectivity index (χ1n) is 7.88. The van der Waals surface area contributed by atoms with Gasteiger partial charge in [-0.2, -0.15) is 0 Å². The van der Waals surface area contributed by atoms with Crippen LogP contribution in [0.25, 0.3) is 0 Å². The lowest BCUT2D eigenvalue weighted by Crippen LogP contribution is -2.30. The van der Waals surface area contributed by atoms with Crippen LogP contribution in [0, 0.1) is 0 Å². The zero-order valence-electron chi connectivity index (χ0n) is 13.5. The molecule has 0 bridgehead atoms. The molecule has 1 N–H and O–H groups in total. The Morgan fingerprint density at radius 1 is 1.00 bits per heavy atom. The number of nitrogens with one attached hydrogen (secondary N) is 1. The highest BCUT2D eigenvalue weighted by atomic mass is 16.5. The first-order chi connectivity index (χ1) is 9.65. The molecule has 20 heavy (non-hydrogen) atoms. The van der Waals surface area contributed by atoms with Gasteiger partial charge in [0.1, 0.15) is 5.75 Å². The summed E-state index contributed by atoms with van der Waals surface area (Å²) in [6.07, 6.45) is 2.67. The van der Waals surface area contributed by atoms with E-state index in [1.165, 1.54) is 25.9 Å². The quantitative estimate of drug-likeness (QED) is 0.700. The minimum atomic E-state index is 0.227. The molecular weight excluding hydrogens is 248 g/mol. The van der Waals surface area contributed by atoms with Crippen molar-refractivity contribution in [1.82, 2.24) is 4.90 Å². The maximum Gasteiger partial charge on any atom is 0.119 e. The molecule has 0 spiro atoms. The van der Waals surface area contributed by atoms with Gasteiger partial charge in [0.15, 0.2) is 0 Å². The second-order valence-electron chi connectivity index (χ2n) is 5.46. The van der Waals surface area contributed by atoms with Crippen molar-refractivity contribution in [3.8, 4) is 5.75 Å². The van der Waals surface area contributed by atoms with Crippen molar-refractivity contribution in [2.24, 2.45) is 0 Å². The standard InChI is InChI=1S/C17H30N2O/c1-5-12-19(13-6-2)14-11-18-16-7-9-17(10-8-16)20-15(3)4/h7-10,15,18H,5-6,11-14H2,1-4H3. The molecule has 0 aliphatic rings. The molecule has 0 aliphatic carbocycles. The number of rotatable bonds is 10. The second-order valence-corrected chi connectivity index (χ2v) is 5.46. The van der Waals surface area contributed by atoms with Gasteiger partial charge >= 0.3 is 0 Å². The molecule has 1 aromatic carbocycles. The van der Waals surface area contributed by atoms with Crippen LogP contribution in [-0.2, 0) is 0 Å². The summed E-state index contributed by atoms with van der Waals surface area (Å²) in [5.74, 6) is 0.934. The Morgan fingerprint density at radius 2 is 1.60 bits per heavy atom. The molecule has 3 heteroatoms. The lowest BCUT2D eigenvalue weighted by Gasteiger charge is -2.21. The lowest BCUT2D eigenvalue weighted by atomic mass is 10.3. The van der Waals surface area contributed by atoms with Crippen LogP contribution in [0.1, 0.15) is 40.5 Å². The fourth-order valence-electron chi connectivity index (χ4n) is 2.25. The van der Waals surface area contributed by atoms with E-state index in [0.29, 0.717) is 0 Å². The molecule has 0 unspecified atom stereocenters. The Kier molecular flexibility index (Phi) is 8.12. The van der Waals surface area contributed by atoms with Crippen LogP contribution >= 0.6 is 0 Å². The average Bonchev–Trinajstić information content (AvgIpc) is 2.40. The first-order valence-corrected chi connectivity index (χ1v) is 7.88. The normalized spacial score (nSPS) is 11.1. The van der Waals surface area contributed by atoms with Gasteiger partial charge in [0.2, 0.25) is 0 Å². The molecule has 114 valence electrons. The monoisotopic (exact) mass is 278 g/mol. The predicted molar refractivity (Wildman–Crippen MR) is 87.7 cm³/mol. The number of benzene rings is 1. The summed E-state index contributed by atoms with van der Waals surface area (Å²) in [5, 5.41) is 3.48. The van der Waals surface area contributed by atoms with Gasteiger partial charge in [-0.3, -0.25) is 0 Å². The highest BCUT2D eigenvalue weighted by Gasteiger charge is 2.02. The van der Waals surface area contributed by atoms with Crippen LogP contribution in [0.15, 0.2) is 24.3 Å². The van der Waals surface area contributed by atoms with Gasteiger partial charge in [0, 0.05) is 18.8 Å². The fourth-order valence-corrected chi connectivity index (χ4v) is 2.25. The summed E-state index contributed by atoms with van der Waals surface area (Å²) in [5.41, 5.74) is 1.16. The minimum Gasteiger partial charge on any atom is -0.491 e. The molecule has 0 radical (unpaired) electrons. The van der Waals surface area contributed by atoms with Crippen molar-refractivity contribution in [2.75, 3.05) is 31.5 Å². The number of nitrogens with zero attached hydrogens (tertiary/aromatic N) is 1. The highest BCUT2D eigenvalue weighted by molar-refractivity contribution is 5.46. The molecule has 0 fully saturated rings. The average molecular weight is 278 g/mol. The Labute approximate surface area is 124 Å². The van der Waals surface area contributed by atoms with Crippen LogP contribution in [0.4, 0.5) is 5.69 Å². The van der Waals surface area contributed by atoms with Crippen molar-refractivity contribution in [3.63, 3.8) is 0 Å². The number of hydrogen-bond acceptors (Lipinski definition) is 3. The third kappa shape index (κ3) is 6.80.